The van der Waals surface area contributed by atoms with Crippen molar-refractivity contribution in [2.24, 2.45) is 0 Å². The van der Waals surface area contributed by atoms with Crippen molar-refractivity contribution in [1.82, 2.24) is 10.2 Å². The van der Waals surface area contributed by atoms with Gasteiger partial charge < -0.3 is 19.5 Å². The third-order valence-corrected chi connectivity index (χ3v) is 5.41. The first-order chi connectivity index (χ1) is 13.5. The summed E-state index contributed by atoms with van der Waals surface area (Å²) < 4.78 is 17.1. The number of amides is 1. The average Bonchev–Trinajstić information content (AvgIpc) is 2.70. The summed E-state index contributed by atoms with van der Waals surface area (Å²) in [6, 6.07) is 7.77. The van der Waals surface area contributed by atoms with Gasteiger partial charge in [-0.3, -0.25) is 9.69 Å². The van der Waals surface area contributed by atoms with Gasteiger partial charge in [-0.1, -0.05) is 15.9 Å². The molecule has 0 spiro atoms. The van der Waals surface area contributed by atoms with Crippen molar-refractivity contribution in [3.05, 3.63) is 51.0 Å². The Morgan fingerprint density at radius 1 is 1.07 bits per heavy atom. The first-order valence-electron chi connectivity index (χ1n) is 9.05. The second-order valence-electron chi connectivity index (χ2n) is 6.75. The van der Waals surface area contributed by atoms with E-state index in [1.807, 2.05) is 25.1 Å². The van der Waals surface area contributed by atoms with Crippen LogP contribution in [0, 0.1) is 6.92 Å². The summed E-state index contributed by atoms with van der Waals surface area (Å²) in [6.07, 6.45) is 0.894. The lowest BCUT2D eigenvalue weighted by Gasteiger charge is -2.29. The molecule has 0 saturated carbocycles. The highest BCUT2D eigenvalue weighted by atomic mass is 79.9. The highest BCUT2D eigenvalue weighted by Gasteiger charge is 2.21. The number of carbonyl (C=O) groups is 1. The molecule has 3 rings (SSSR count). The van der Waals surface area contributed by atoms with Gasteiger partial charge in [0.1, 0.15) is 5.75 Å². The smallest absolute Gasteiger partial charge is 0.256 e. The summed E-state index contributed by atoms with van der Waals surface area (Å²) in [6.45, 7) is 3.98. The van der Waals surface area contributed by atoms with E-state index in [9.17, 15) is 4.79 Å². The molecule has 0 fully saturated rings. The normalized spacial score (nSPS) is 13.6. The molecule has 1 aliphatic heterocycles. The van der Waals surface area contributed by atoms with Gasteiger partial charge in [0.15, 0.2) is 11.5 Å². The van der Waals surface area contributed by atoms with Gasteiger partial charge >= 0.3 is 0 Å². The van der Waals surface area contributed by atoms with Gasteiger partial charge in [0.25, 0.3) is 5.91 Å². The third kappa shape index (κ3) is 4.25. The van der Waals surface area contributed by atoms with Crippen LogP contribution in [0.5, 0.6) is 17.2 Å². The van der Waals surface area contributed by atoms with Crippen LogP contribution in [-0.4, -0.2) is 45.3 Å². The Kier molecular flexibility index (Phi) is 6.46. The second kappa shape index (κ2) is 8.84. The van der Waals surface area contributed by atoms with Gasteiger partial charge in [-0.25, -0.2) is 0 Å². The largest absolute Gasteiger partial charge is 0.496 e. The number of halogens is 1. The van der Waals surface area contributed by atoms with E-state index < -0.39 is 0 Å². The van der Waals surface area contributed by atoms with Gasteiger partial charge in [-0.05, 0) is 54.3 Å². The molecule has 0 radical (unpaired) electrons. The number of hydrogen-bond acceptors (Lipinski definition) is 5. The molecule has 0 unspecified atom stereocenters. The van der Waals surface area contributed by atoms with Crippen molar-refractivity contribution in [1.29, 1.82) is 0 Å². The van der Waals surface area contributed by atoms with E-state index in [1.54, 1.807) is 27.4 Å². The van der Waals surface area contributed by atoms with E-state index in [-0.39, 0.29) is 5.91 Å². The second-order valence-corrected chi connectivity index (χ2v) is 7.66. The summed E-state index contributed by atoms with van der Waals surface area (Å²) in [4.78, 5) is 14.9. The van der Waals surface area contributed by atoms with E-state index >= 15 is 0 Å². The van der Waals surface area contributed by atoms with Gasteiger partial charge in [0, 0.05) is 17.6 Å². The van der Waals surface area contributed by atoms with Crippen molar-refractivity contribution in [2.45, 2.75) is 19.9 Å². The molecule has 2 aromatic carbocycles. The molecular weight excluding hydrogens is 424 g/mol. The molecule has 7 heteroatoms. The number of nitrogens with one attached hydrogen (secondary N) is 1. The molecule has 1 heterocycles. The first-order valence-corrected chi connectivity index (χ1v) is 9.84. The molecular formula is C21H25BrN2O4. The van der Waals surface area contributed by atoms with Crippen molar-refractivity contribution in [3.63, 3.8) is 0 Å². The SMILES string of the molecule is COc1cc2c(cc1OC)CN(CNC(=O)c1cc(Br)cc(C)c1OC)CC2. The molecule has 0 atom stereocenters. The lowest BCUT2D eigenvalue weighted by Crippen LogP contribution is -2.40. The summed E-state index contributed by atoms with van der Waals surface area (Å²) in [7, 11) is 4.86. The van der Waals surface area contributed by atoms with Gasteiger partial charge in [-0.2, -0.15) is 0 Å². The fourth-order valence-corrected chi connectivity index (χ4v) is 4.10. The standard InChI is InChI=1S/C21H25BrN2O4/c1-13-7-16(22)10-17(20(13)28-4)21(25)23-12-24-6-5-14-8-18(26-2)19(27-3)9-15(14)11-24/h7-10H,5-6,11-12H2,1-4H3,(H,23,25). The monoisotopic (exact) mass is 448 g/mol. The van der Waals surface area contributed by atoms with Crippen LogP contribution in [0.15, 0.2) is 28.7 Å². The maximum Gasteiger partial charge on any atom is 0.256 e. The van der Waals surface area contributed by atoms with Crippen LogP contribution in [0.1, 0.15) is 27.0 Å². The number of fused-ring (bicyclic) bond motifs is 1. The van der Waals surface area contributed by atoms with Gasteiger partial charge in [0.2, 0.25) is 0 Å². The topological polar surface area (TPSA) is 60.0 Å². The number of ether oxygens (including phenoxy) is 3. The lowest BCUT2D eigenvalue weighted by molar-refractivity contribution is 0.0914. The van der Waals surface area contributed by atoms with Crippen molar-refractivity contribution in [3.8, 4) is 17.2 Å². The van der Waals surface area contributed by atoms with Gasteiger partial charge in [-0.15, -0.1) is 0 Å². The highest BCUT2D eigenvalue weighted by molar-refractivity contribution is 9.10. The van der Waals surface area contributed by atoms with Crippen molar-refractivity contribution < 1.29 is 19.0 Å². The summed E-state index contributed by atoms with van der Waals surface area (Å²) in [5.41, 5.74) is 3.88. The van der Waals surface area contributed by atoms with Crippen LogP contribution < -0.4 is 19.5 Å². The predicted molar refractivity (Wildman–Crippen MR) is 111 cm³/mol. The van der Waals surface area contributed by atoms with Crippen LogP contribution in [0.4, 0.5) is 0 Å². The van der Waals surface area contributed by atoms with E-state index in [0.29, 0.717) is 18.0 Å². The maximum absolute atomic E-state index is 12.7. The molecule has 1 N–H and O–H groups in total. The molecule has 0 bridgehead atoms. The molecule has 6 nitrogen and oxygen atoms in total. The van der Waals surface area contributed by atoms with Crippen LogP contribution in [0.3, 0.4) is 0 Å². The number of nitrogens with zero attached hydrogens (tertiary/aromatic N) is 1. The van der Waals surface area contributed by atoms with Crippen molar-refractivity contribution >= 4 is 21.8 Å². The third-order valence-electron chi connectivity index (χ3n) is 4.95. The van der Waals surface area contributed by atoms with Gasteiger partial charge in [0.05, 0.1) is 33.6 Å². The first kappa shape index (κ1) is 20.5. The average molecular weight is 449 g/mol. The summed E-state index contributed by atoms with van der Waals surface area (Å²) >= 11 is 3.45. The molecule has 0 aliphatic carbocycles. The molecule has 2 aromatic rings. The van der Waals surface area contributed by atoms with Crippen LogP contribution >= 0.6 is 15.9 Å². The Labute approximate surface area is 173 Å². The Hall–Kier alpha value is -2.25. The molecule has 0 aromatic heterocycles. The Morgan fingerprint density at radius 2 is 1.75 bits per heavy atom. The number of aryl methyl sites for hydroxylation is 1. The fraction of sp³-hybridized carbons (Fsp3) is 0.381. The molecule has 28 heavy (non-hydrogen) atoms. The lowest BCUT2D eigenvalue weighted by atomic mass is 9.99. The summed E-state index contributed by atoms with van der Waals surface area (Å²) in [5.74, 6) is 1.92. The number of hydrogen-bond donors (Lipinski definition) is 1. The minimum absolute atomic E-state index is 0.153. The Balaban J connectivity index is 1.69. The number of carbonyl (C=O) groups excluding carboxylic acids is 1. The quantitative estimate of drug-likeness (QED) is 0.732. The van der Waals surface area contributed by atoms with E-state index in [4.69, 9.17) is 14.2 Å². The molecule has 0 saturated heterocycles. The maximum atomic E-state index is 12.7. The zero-order valence-electron chi connectivity index (χ0n) is 16.6. The van der Waals surface area contributed by atoms with Crippen molar-refractivity contribution in [2.75, 3.05) is 34.5 Å². The number of benzene rings is 2. The highest BCUT2D eigenvalue weighted by Crippen LogP contribution is 2.33. The zero-order chi connectivity index (χ0) is 20.3. The Bertz CT molecular complexity index is 885. The summed E-state index contributed by atoms with van der Waals surface area (Å²) in [5, 5.41) is 3.01. The Morgan fingerprint density at radius 3 is 2.39 bits per heavy atom. The van der Waals surface area contributed by atoms with Crippen LogP contribution in [0.25, 0.3) is 0 Å². The minimum atomic E-state index is -0.153. The molecule has 1 amide bonds. The van der Waals surface area contributed by atoms with Crippen LogP contribution in [0.2, 0.25) is 0 Å². The fourth-order valence-electron chi connectivity index (χ4n) is 3.52. The van der Waals surface area contributed by atoms with E-state index in [0.717, 1.165) is 41.0 Å². The zero-order valence-corrected chi connectivity index (χ0v) is 18.2. The van der Waals surface area contributed by atoms with E-state index in [2.05, 4.69) is 26.1 Å². The molecule has 1 aliphatic rings. The number of rotatable bonds is 6. The van der Waals surface area contributed by atoms with E-state index in [1.165, 1.54) is 11.1 Å². The number of methoxy groups -OCH3 is 3. The molecule has 150 valence electrons. The minimum Gasteiger partial charge on any atom is -0.496 e. The predicted octanol–water partition coefficient (Wildman–Crippen LogP) is 3.53. The van der Waals surface area contributed by atoms with Crippen LogP contribution in [-0.2, 0) is 13.0 Å².